The predicted molar refractivity (Wildman–Crippen MR) is 97.4 cm³/mol. The Morgan fingerprint density at radius 2 is 1.83 bits per heavy atom. The van der Waals surface area contributed by atoms with Crippen molar-refractivity contribution in [2.45, 2.75) is 32.4 Å². The summed E-state index contributed by atoms with van der Waals surface area (Å²) in [4.78, 5) is 16.6. The summed E-state index contributed by atoms with van der Waals surface area (Å²) in [7, 11) is 0. The Bertz CT molecular complexity index is 489. The molecule has 0 radical (unpaired) electrons. The van der Waals surface area contributed by atoms with Gasteiger partial charge in [0.15, 0.2) is 0 Å². The Morgan fingerprint density at radius 3 is 2.46 bits per heavy atom. The number of carbonyl (C=O) groups is 1. The number of para-hydroxylation sites is 1. The zero-order chi connectivity index (χ0) is 17.4. The Balaban J connectivity index is 1.69. The molecule has 1 aromatic carbocycles. The molecule has 134 valence electrons. The molecule has 24 heavy (non-hydrogen) atoms. The highest BCUT2D eigenvalue weighted by Gasteiger charge is 2.21. The highest BCUT2D eigenvalue weighted by atomic mass is 16.3. The number of hydrogen-bond acceptors (Lipinski definition) is 4. The van der Waals surface area contributed by atoms with Crippen LogP contribution >= 0.6 is 0 Å². The maximum absolute atomic E-state index is 11.8. The molecule has 1 aromatic rings. The maximum Gasteiger partial charge on any atom is 0.315 e. The molecular formula is C18H30N4O2. The normalized spacial score (nSPS) is 18.0. The van der Waals surface area contributed by atoms with Crippen molar-refractivity contribution in [3.63, 3.8) is 0 Å². The maximum atomic E-state index is 11.8. The highest BCUT2D eigenvalue weighted by Crippen LogP contribution is 2.16. The van der Waals surface area contributed by atoms with Gasteiger partial charge in [0.25, 0.3) is 0 Å². The lowest BCUT2D eigenvalue weighted by Gasteiger charge is -2.39. The average Bonchev–Trinajstić information content (AvgIpc) is 2.61. The quantitative estimate of drug-likeness (QED) is 0.702. The second-order valence-electron chi connectivity index (χ2n) is 6.48. The summed E-state index contributed by atoms with van der Waals surface area (Å²) in [6, 6.07) is 10.6. The first-order chi connectivity index (χ1) is 11.6. The number of nitrogens with zero attached hydrogens (tertiary/aromatic N) is 2. The molecule has 0 spiro atoms. The van der Waals surface area contributed by atoms with Gasteiger partial charge in [0.05, 0.1) is 0 Å². The SMILES string of the molecule is CC(CNC(=O)N[C@H](C)CCO)N1CCN(c2ccccc2)CC1. The summed E-state index contributed by atoms with van der Waals surface area (Å²) in [6.45, 7) is 8.77. The predicted octanol–water partition coefficient (Wildman–Crippen LogP) is 1.27. The van der Waals surface area contributed by atoms with Crippen LogP contribution in [-0.2, 0) is 0 Å². The van der Waals surface area contributed by atoms with Crippen molar-refractivity contribution in [1.29, 1.82) is 0 Å². The molecule has 1 aliphatic heterocycles. The first-order valence-corrected chi connectivity index (χ1v) is 8.79. The first-order valence-electron chi connectivity index (χ1n) is 8.79. The summed E-state index contributed by atoms with van der Waals surface area (Å²) in [5.41, 5.74) is 1.28. The van der Waals surface area contributed by atoms with E-state index in [9.17, 15) is 4.79 Å². The van der Waals surface area contributed by atoms with Crippen LogP contribution in [0.15, 0.2) is 30.3 Å². The number of aliphatic hydroxyl groups is 1. The third-order valence-corrected chi connectivity index (χ3v) is 4.56. The molecule has 1 fully saturated rings. The number of rotatable bonds is 7. The minimum absolute atomic E-state index is 0.0141. The van der Waals surface area contributed by atoms with E-state index < -0.39 is 0 Å². The Hall–Kier alpha value is -1.79. The van der Waals surface area contributed by atoms with Gasteiger partial charge in [0, 0.05) is 57.1 Å². The molecule has 6 heteroatoms. The molecule has 0 bridgehead atoms. The fraction of sp³-hybridized carbons (Fsp3) is 0.611. The zero-order valence-electron chi connectivity index (χ0n) is 14.7. The van der Waals surface area contributed by atoms with Crippen molar-refractivity contribution >= 4 is 11.7 Å². The molecule has 2 amide bonds. The fourth-order valence-electron chi connectivity index (χ4n) is 2.97. The van der Waals surface area contributed by atoms with E-state index in [0.717, 1.165) is 26.2 Å². The minimum atomic E-state index is -0.161. The van der Waals surface area contributed by atoms with Crippen molar-refractivity contribution in [3.05, 3.63) is 30.3 Å². The van der Waals surface area contributed by atoms with Gasteiger partial charge in [-0.25, -0.2) is 4.79 Å². The number of piperazine rings is 1. The molecule has 0 aliphatic carbocycles. The van der Waals surface area contributed by atoms with Crippen molar-refractivity contribution in [2.75, 3.05) is 44.2 Å². The van der Waals surface area contributed by atoms with Crippen LogP contribution in [-0.4, -0.2) is 67.5 Å². The largest absolute Gasteiger partial charge is 0.396 e. The van der Waals surface area contributed by atoms with Crippen LogP contribution in [0.25, 0.3) is 0 Å². The van der Waals surface area contributed by atoms with Crippen molar-refractivity contribution < 1.29 is 9.90 Å². The van der Waals surface area contributed by atoms with E-state index >= 15 is 0 Å². The van der Waals surface area contributed by atoms with Gasteiger partial charge in [-0.3, -0.25) is 4.90 Å². The number of amides is 2. The number of anilines is 1. The summed E-state index contributed by atoms with van der Waals surface area (Å²) in [6.07, 6.45) is 0.574. The molecular weight excluding hydrogens is 304 g/mol. The Morgan fingerprint density at radius 1 is 1.17 bits per heavy atom. The summed E-state index contributed by atoms with van der Waals surface area (Å²) >= 11 is 0. The standard InChI is InChI=1S/C18H30N4O2/c1-15(8-13-23)20-18(24)19-14-16(2)21-9-11-22(12-10-21)17-6-4-3-5-7-17/h3-7,15-16,23H,8-14H2,1-2H3,(H2,19,20,24)/t15-,16?/m1/s1. The van der Waals surface area contributed by atoms with Gasteiger partial charge in [0.1, 0.15) is 0 Å². The van der Waals surface area contributed by atoms with Crippen LogP contribution in [0.3, 0.4) is 0 Å². The van der Waals surface area contributed by atoms with E-state index in [1.165, 1.54) is 5.69 Å². The molecule has 1 saturated heterocycles. The lowest BCUT2D eigenvalue weighted by atomic mass is 10.2. The number of aliphatic hydroxyl groups excluding tert-OH is 1. The topological polar surface area (TPSA) is 67.8 Å². The molecule has 3 N–H and O–H groups in total. The molecule has 6 nitrogen and oxygen atoms in total. The van der Waals surface area contributed by atoms with Gasteiger partial charge in [0.2, 0.25) is 0 Å². The van der Waals surface area contributed by atoms with Gasteiger partial charge < -0.3 is 20.6 Å². The van der Waals surface area contributed by atoms with Crippen molar-refractivity contribution in [2.24, 2.45) is 0 Å². The lowest BCUT2D eigenvalue weighted by molar-refractivity contribution is 0.189. The molecule has 0 saturated carbocycles. The van der Waals surface area contributed by atoms with E-state index in [1.54, 1.807) is 0 Å². The van der Waals surface area contributed by atoms with Crippen LogP contribution in [0.5, 0.6) is 0 Å². The monoisotopic (exact) mass is 334 g/mol. The fourth-order valence-corrected chi connectivity index (χ4v) is 2.97. The molecule has 1 heterocycles. The Labute approximate surface area is 144 Å². The molecule has 0 aromatic heterocycles. The zero-order valence-corrected chi connectivity index (χ0v) is 14.7. The highest BCUT2D eigenvalue weighted by molar-refractivity contribution is 5.74. The van der Waals surface area contributed by atoms with Crippen LogP contribution in [0, 0.1) is 0 Å². The third kappa shape index (κ3) is 5.69. The van der Waals surface area contributed by atoms with E-state index in [4.69, 9.17) is 5.11 Å². The number of urea groups is 1. The van der Waals surface area contributed by atoms with Crippen molar-refractivity contribution in [1.82, 2.24) is 15.5 Å². The van der Waals surface area contributed by atoms with Gasteiger partial charge in [-0.05, 0) is 32.4 Å². The average molecular weight is 334 g/mol. The minimum Gasteiger partial charge on any atom is -0.396 e. The smallest absolute Gasteiger partial charge is 0.315 e. The molecule has 1 aliphatic rings. The van der Waals surface area contributed by atoms with E-state index in [1.807, 2.05) is 13.0 Å². The van der Waals surface area contributed by atoms with Crippen LogP contribution in [0.4, 0.5) is 10.5 Å². The van der Waals surface area contributed by atoms with Crippen LogP contribution in [0.2, 0.25) is 0 Å². The molecule has 2 atom stereocenters. The van der Waals surface area contributed by atoms with E-state index in [-0.39, 0.29) is 18.7 Å². The van der Waals surface area contributed by atoms with Crippen LogP contribution < -0.4 is 15.5 Å². The number of carbonyl (C=O) groups excluding carboxylic acids is 1. The first kappa shape index (κ1) is 18.5. The number of hydrogen-bond donors (Lipinski definition) is 3. The summed E-state index contributed by atoms with van der Waals surface area (Å²) in [5, 5.41) is 14.6. The van der Waals surface area contributed by atoms with Gasteiger partial charge >= 0.3 is 6.03 Å². The van der Waals surface area contributed by atoms with Crippen LogP contribution in [0.1, 0.15) is 20.3 Å². The summed E-state index contributed by atoms with van der Waals surface area (Å²) < 4.78 is 0. The van der Waals surface area contributed by atoms with Gasteiger partial charge in [-0.1, -0.05) is 18.2 Å². The molecule has 1 unspecified atom stereocenters. The number of nitrogens with one attached hydrogen (secondary N) is 2. The second-order valence-corrected chi connectivity index (χ2v) is 6.48. The second kappa shape index (κ2) is 9.49. The third-order valence-electron chi connectivity index (χ3n) is 4.56. The summed E-state index contributed by atoms with van der Waals surface area (Å²) in [5.74, 6) is 0. The molecule has 2 rings (SSSR count). The van der Waals surface area contributed by atoms with Gasteiger partial charge in [-0.15, -0.1) is 0 Å². The van der Waals surface area contributed by atoms with Gasteiger partial charge in [-0.2, -0.15) is 0 Å². The number of benzene rings is 1. The lowest BCUT2D eigenvalue weighted by Crippen LogP contribution is -2.53. The van der Waals surface area contributed by atoms with Crippen molar-refractivity contribution in [3.8, 4) is 0 Å². The Kier molecular flexibility index (Phi) is 7.34. The van der Waals surface area contributed by atoms with E-state index in [2.05, 4.69) is 51.6 Å². The van der Waals surface area contributed by atoms with E-state index in [0.29, 0.717) is 19.0 Å².